The van der Waals surface area contributed by atoms with Crippen molar-refractivity contribution in [1.29, 1.82) is 0 Å². The summed E-state index contributed by atoms with van der Waals surface area (Å²) in [6.07, 6.45) is 6.66. The molecular weight excluding hydrogens is 330 g/mol. The highest BCUT2D eigenvalue weighted by molar-refractivity contribution is 5.96. The molecule has 2 fully saturated rings. The van der Waals surface area contributed by atoms with Gasteiger partial charge in [0.25, 0.3) is 5.91 Å². The number of rotatable bonds is 3. The summed E-state index contributed by atoms with van der Waals surface area (Å²) < 4.78 is 5.31. The minimum Gasteiger partial charge on any atom is -0.446 e. The average molecular weight is 349 g/mol. The van der Waals surface area contributed by atoms with Crippen LogP contribution in [0.25, 0.3) is 22.4 Å². The van der Waals surface area contributed by atoms with Gasteiger partial charge in [0.05, 0.1) is 23.4 Å². The third kappa shape index (κ3) is 2.49. The number of amides is 1. The van der Waals surface area contributed by atoms with Gasteiger partial charge in [-0.15, -0.1) is 0 Å². The maximum atomic E-state index is 12.4. The Labute approximate surface area is 150 Å². The van der Waals surface area contributed by atoms with E-state index in [2.05, 4.69) is 15.3 Å². The number of fused-ring (bicyclic) bond motifs is 1. The van der Waals surface area contributed by atoms with Crippen LogP contribution in [0.3, 0.4) is 0 Å². The molecule has 0 bridgehead atoms. The van der Waals surface area contributed by atoms with Crippen molar-refractivity contribution in [2.75, 3.05) is 0 Å². The summed E-state index contributed by atoms with van der Waals surface area (Å²) in [4.78, 5) is 20.9. The van der Waals surface area contributed by atoms with Crippen LogP contribution >= 0.6 is 0 Å². The van der Waals surface area contributed by atoms with Crippen LogP contribution in [-0.2, 0) is 0 Å². The zero-order valence-electron chi connectivity index (χ0n) is 14.2. The molecule has 0 saturated heterocycles. The van der Waals surface area contributed by atoms with Crippen molar-refractivity contribution in [3.8, 4) is 11.3 Å². The van der Waals surface area contributed by atoms with Gasteiger partial charge in [-0.05, 0) is 49.3 Å². The van der Waals surface area contributed by atoms with Gasteiger partial charge in [-0.2, -0.15) is 0 Å². The quantitative estimate of drug-likeness (QED) is 0.759. The van der Waals surface area contributed by atoms with Crippen LogP contribution in [-0.4, -0.2) is 33.1 Å². The third-order valence-electron chi connectivity index (χ3n) is 5.71. The maximum Gasteiger partial charge on any atom is 0.251 e. The first-order valence-corrected chi connectivity index (χ1v) is 8.90. The van der Waals surface area contributed by atoms with Crippen LogP contribution in [0, 0.1) is 5.41 Å². The maximum absolute atomic E-state index is 12.4. The first-order valence-electron chi connectivity index (χ1n) is 8.90. The van der Waals surface area contributed by atoms with E-state index >= 15 is 0 Å². The van der Waals surface area contributed by atoms with E-state index in [1.807, 2.05) is 30.3 Å². The van der Waals surface area contributed by atoms with Crippen molar-refractivity contribution in [1.82, 2.24) is 15.3 Å². The van der Waals surface area contributed by atoms with Gasteiger partial charge in [0.1, 0.15) is 6.33 Å². The lowest BCUT2D eigenvalue weighted by molar-refractivity contribution is -0.0949. The molecule has 2 heterocycles. The van der Waals surface area contributed by atoms with Gasteiger partial charge in [-0.1, -0.05) is 12.1 Å². The molecular formula is C20H19N3O3. The van der Waals surface area contributed by atoms with E-state index in [4.69, 9.17) is 4.42 Å². The summed E-state index contributed by atoms with van der Waals surface area (Å²) in [5.41, 5.74) is 3.20. The Morgan fingerprint density at radius 3 is 2.62 bits per heavy atom. The van der Waals surface area contributed by atoms with Gasteiger partial charge in [-0.25, -0.2) is 9.97 Å². The first kappa shape index (κ1) is 15.5. The molecule has 1 aromatic carbocycles. The van der Waals surface area contributed by atoms with Gasteiger partial charge < -0.3 is 14.8 Å². The Hall–Kier alpha value is -2.73. The van der Waals surface area contributed by atoms with Crippen molar-refractivity contribution < 1.29 is 14.3 Å². The molecule has 2 aliphatic rings. The SMILES string of the molecule is O=C(NC1CC2(CC(O)C2)C1)c1ccc(-c2ncnc3occc23)cc1. The highest BCUT2D eigenvalue weighted by Gasteiger charge is 2.52. The van der Waals surface area contributed by atoms with E-state index in [0.717, 1.165) is 42.3 Å². The summed E-state index contributed by atoms with van der Waals surface area (Å²) in [5.74, 6) is -0.0487. The summed E-state index contributed by atoms with van der Waals surface area (Å²) in [6.45, 7) is 0. The van der Waals surface area contributed by atoms with Crippen LogP contribution < -0.4 is 5.32 Å². The zero-order chi connectivity index (χ0) is 17.7. The summed E-state index contributed by atoms with van der Waals surface area (Å²) in [6, 6.07) is 9.50. The van der Waals surface area contributed by atoms with Gasteiger partial charge >= 0.3 is 0 Å². The summed E-state index contributed by atoms with van der Waals surface area (Å²) >= 11 is 0. The molecule has 6 nitrogen and oxygen atoms in total. The minimum atomic E-state index is -0.136. The van der Waals surface area contributed by atoms with Crippen molar-refractivity contribution >= 4 is 17.0 Å². The standard InChI is InChI=1S/C20H19N3O3/c24-15-9-20(10-15)7-14(8-20)23-18(25)13-3-1-12(2-4-13)17-16-5-6-26-19(16)22-11-21-17/h1-6,11,14-15,24H,7-10H2,(H,23,25). The molecule has 6 heteroatoms. The van der Waals surface area contributed by atoms with Crippen LogP contribution in [0.5, 0.6) is 0 Å². The van der Waals surface area contributed by atoms with Gasteiger partial charge in [0.2, 0.25) is 5.71 Å². The number of furan rings is 1. The first-order chi connectivity index (χ1) is 12.6. The fourth-order valence-electron chi connectivity index (χ4n) is 4.43. The molecule has 0 radical (unpaired) electrons. The molecule has 2 aromatic heterocycles. The molecule has 2 aliphatic carbocycles. The van der Waals surface area contributed by atoms with Crippen LogP contribution in [0.2, 0.25) is 0 Å². The van der Waals surface area contributed by atoms with Gasteiger partial charge in [0.15, 0.2) is 0 Å². The van der Waals surface area contributed by atoms with Crippen molar-refractivity contribution in [3.05, 3.63) is 48.5 Å². The highest BCUT2D eigenvalue weighted by Crippen LogP contribution is 2.55. The molecule has 132 valence electrons. The molecule has 2 saturated carbocycles. The zero-order valence-corrected chi connectivity index (χ0v) is 14.2. The number of nitrogens with one attached hydrogen (secondary N) is 1. The lowest BCUT2D eigenvalue weighted by Gasteiger charge is -2.56. The molecule has 0 atom stereocenters. The summed E-state index contributed by atoms with van der Waals surface area (Å²) in [7, 11) is 0. The number of carbonyl (C=O) groups excluding carboxylic acids is 1. The van der Waals surface area contributed by atoms with E-state index in [1.54, 1.807) is 6.26 Å². The second-order valence-corrected chi connectivity index (χ2v) is 7.58. The number of carbonyl (C=O) groups is 1. The lowest BCUT2D eigenvalue weighted by Crippen LogP contribution is -2.57. The second-order valence-electron chi connectivity index (χ2n) is 7.58. The molecule has 0 aliphatic heterocycles. The van der Waals surface area contributed by atoms with Crippen LogP contribution in [0.4, 0.5) is 0 Å². The molecule has 26 heavy (non-hydrogen) atoms. The van der Waals surface area contributed by atoms with E-state index in [1.165, 1.54) is 6.33 Å². The minimum absolute atomic E-state index is 0.0487. The molecule has 0 unspecified atom stereocenters. The van der Waals surface area contributed by atoms with Crippen molar-refractivity contribution in [2.24, 2.45) is 5.41 Å². The van der Waals surface area contributed by atoms with Crippen molar-refractivity contribution in [3.63, 3.8) is 0 Å². The van der Waals surface area contributed by atoms with E-state index in [-0.39, 0.29) is 18.1 Å². The Bertz CT molecular complexity index is 965. The molecule has 5 rings (SSSR count). The normalized spacial score (nSPS) is 27.1. The predicted octanol–water partition coefficient (Wildman–Crippen LogP) is 2.92. The number of benzene rings is 1. The topological polar surface area (TPSA) is 88.2 Å². The van der Waals surface area contributed by atoms with Gasteiger partial charge in [-0.3, -0.25) is 4.79 Å². The smallest absolute Gasteiger partial charge is 0.251 e. The Balaban J connectivity index is 1.28. The summed E-state index contributed by atoms with van der Waals surface area (Å²) in [5, 5.41) is 13.4. The fourth-order valence-corrected chi connectivity index (χ4v) is 4.43. The number of aliphatic hydroxyl groups is 1. The number of hydrogen-bond acceptors (Lipinski definition) is 5. The molecule has 3 aromatic rings. The number of aromatic nitrogens is 2. The van der Waals surface area contributed by atoms with E-state index < -0.39 is 0 Å². The Morgan fingerprint density at radius 1 is 1.12 bits per heavy atom. The number of aliphatic hydroxyl groups excluding tert-OH is 1. The Kier molecular flexibility index (Phi) is 3.37. The average Bonchev–Trinajstić information content (AvgIpc) is 3.07. The third-order valence-corrected chi connectivity index (χ3v) is 5.71. The highest BCUT2D eigenvalue weighted by atomic mass is 16.3. The fraction of sp³-hybridized carbons (Fsp3) is 0.350. The van der Waals surface area contributed by atoms with Crippen molar-refractivity contribution in [2.45, 2.75) is 37.8 Å². The van der Waals surface area contributed by atoms with Crippen LogP contribution in [0.1, 0.15) is 36.0 Å². The number of nitrogens with zero attached hydrogens (tertiary/aromatic N) is 2. The molecule has 1 amide bonds. The Morgan fingerprint density at radius 2 is 1.88 bits per heavy atom. The van der Waals surface area contributed by atoms with Crippen LogP contribution in [0.15, 0.2) is 47.3 Å². The van der Waals surface area contributed by atoms with E-state index in [0.29, 0.717) is 16.7 Å². The number of hydrogen-bond donors (Lipinski definition) is 2. The monoisotopic (exact) mass is 349 g/mol. The predicted molar refractivity (Wildman–Crippen MR) is 95.4 cm³/mol. The molecule has 1 spiro atoms. The lowest BCUT2D eigenvalue weighted by atomic mass is 9.53. The largest absolute Gasteiger partial charge is 0.446 e. The van der Waals surface area contributed by atoms with E-state index in [9.17, 15) is 9.90 Å². The molecule has 2 N–H and O–H groups in total. The second kappa shape index (κ2) is 5.64. The van der Waals surface area contributed by atoms with Gasteiger partial charge in [0, 0.05) is 17.2 Å².